The fourth-order valence-electron chi connectivity index (χ4n) is 2.65. The van der Waals surface area contributed by atoms with Crippen molar-refractivity contribution in [1.29, 1.82) is 0 Å². The highest BCUT2D eigenvalue weighted by Gasteiger charge is 2.26. The van der Waals surface area contributed by atoms with Crippen LogP contribution in [0.25, 0.3) is 0 Å². The fraction of sp³-hybridized carbons (Fsp3) is 1.00. The third-order valence-corrected chi connectivity index (χ3v) is 3.65. The van der Waals surface area contributed by atoms with Crippen LogP contribution in [0.4, 0.5) is 0 Å². The Morgan fingerprint density at radius 2 is 2.25 bits per heavy atom. The topological polar surface area (TPSA) is 38.5 Å². The van der Waals surface area contributed by atoms with Crippen molar-refractivity contribution in [2.24, 2.45) is 11.7 Å². The van der Waals surface area contributed by atoms with Gasteiger partial charge in [0.25, 0.3) is 0 Å². The van der Waals surface area contributed by atoms with Gasteiger partial charge < -0.3 is 10.5 Å². The maximum absolute atomic E-state index is 5.88. The fourth-order valence-corrected chi connectivity index (χ4v) is 2.65. The van der Waals surface area contributed by atoms with Gasteiger partial charge in [0.2, 0.25) is 0 Å². The molecule has 0 aliphatic carbocycles. The Hall–Kier alpha value is -0.120. The first kappa shape index (κ1) is 13.9. The summed E-state index contributed by atoms with van der Waals surface area (Å²) in [6.45, 7) is 6.36. The smallest absolute Gasteiger partial charge is 0.0503 e. The monoisotopic (exact) mass is 228 g/mol. The van der Waals surface area contributed by atoms with Gasteiger partial charge in [0.15, 0.2) is 0 Å². The highest BCUT2D eigenvalue weighted by molar-refractivity contribution is 4.81. The summed E-state index contributed by atoms with van der Waals surface area (Å²) in [6, 6.07) is 0.605. The summed E-state index contributed by atoms with van der Waals surface area (Å²) < 4.78 is 5.23. The van der Waals surface area contributed by atoms with Gasteiger partial charge in [-0.05, 0) is 25.3 Å². The van der Waals surface area contributed by atoms with Crippen LogP contribution in [-0.4, -0.2) is 44.3 Å². The summed E-state index contributed by atoms with van der Waals surface area (Å²) in [5, 5.41) is 0. The SMILES string of the molecule is CCCCCC(CN)N1CCC(COC)C1. The number of hydrogen-bond donors (Lipinski definition) is 1. The molecule has 0 aromatic rings. The van der Waals surface area contributed by atoms with E-state index in [1.165, 1.54) is 45.2 Å². The van der Waals surface area contributed by atoms with E-state index < -0.39 is 0 Å². The summed E-state index contributed by atoms with van der Waals surface area (Å²) in [4.78, 5) is 2.57. The molecule has 0 spiro atoms. The number of ether oxygens (including phenoxy) is 1. The van der Waals surface area contributed by atoms with Crippen LogP contribution in [0.5, 0.6) is 0 Å². The number of unbranched alkanes of at least 4 members (excludes halogenated alkanes) is 2. The molecule has 0 saturated carbocycles. The summed E-state index contributed by atoms with van der Waals surface area (Å²) in [5.74, 6) is 0.727. The lowest BCUT2D eigenvalue weighted by molar-refractivity contribution is 0.145. The van der Waals surface area contributed by atoms with Crippen molar-refractivity contribution in [1.82, 2.24) is 4.90 Å². The first-order valence-electron chi connectivity index (χ1n) is 6.74. The quantitative estimate of drug-likeness (QED) is 0.645. The van der Waals surface area contributed by atoms with Crippen molar-refractivity contribution in [3.05, 3.63) is 0 Å². The Morgan fingerprint density at radius 1 is 1.44 bits per heavy atom. The zero-order valence-electron chi connectivity index (χ0n) is 11.0. The second-order valence-corrected chi connectivity index (χ2v) is 4.99. The van der Waals surface area contributed by atoms with Crippen LogP contribution >= 0.6 is 0 Å². The average molecular weight is 228 g/mol. The molecule has 2 unspecified atom stereocenters. The molecule has 0 bridgehead atoms. The van der Waals surface area contributed by atoms with E-state index >= 15 is 0 Å². The molecular formula is C13H28N2O. The molecule has 1 saturated heterocycles. The predicted octanol–water partition coefficient (Wildman–Crippen LogP) is 1.86. The van der Waals surface area contributed by atoms with Gasteiger partial charge in [-0.2, -0.15) is 0 Å². The van der Waals surface area contributed by atoms with Crippen molar-refractivity contribution in [2.45, 2.75) is 45.1 Å². The Bertz CT molecular complexity index is 175. The van der Waals surface area contributed by atoms with Gasteiger partial charge in [0.1, 0.15) is 0 Å². The molecule has 96 valence electrons. The van der Waals surface area contributed by atoms with Crippen molar-refractivity contribution in [3.8, 4) is 0 Å². The maximum atomic E-state index is 5.88. The summed E-state index contributed by atoms with van der Waals surface area (Å²) >= 11 is 0. The molecule has 1 aliphatic heterocycles. The largest absolute Gasteiger partial charge is 0.384 e. The molecule has 0 amide bonds. The highest BCUT2D eigenvalue weighted by atomic mass is 16.5. The Balaban J connectivity index is 2.25. The molecule has 1 fully saturated rings. The van der Waals surface area contributed by atoms with E-state index in [1.54, 1.807) is 7.11 Å². The number of hydrogen-bond acceptors (Lipinski definition) is 3. The average Bonchev–Trinajstić information content (AvgIpc) is 2.74. The molecule has 2 atom stereocenters. The summed E-state index contributed by atoms with van der Waals surface area (Å²) in [5.41, 5.74) is 5.88. The van der Waals surface area contributed by atoms with E-state index in [2.05, 4.69) is 11.8 Å². The molecule has 0 aromatic carbocycles. The van der Waals surface area contributed by atoms with Crippen LogP contribution in [0, 0.1) is 5.92 Å². The molecule has 1 rings (SSSR count). The summed E-state index contributed by atoms with van der Waals surface area (Å²) in [7, 11) is 1.80. The van der Waals surface area contributed by atoms with Crippen LogP contribution in [-0.2, 0) is 4.74 Å². The minimum Gasteiger partial charge on any atom is -0.384 e. The molecule has 1 heterocycles. The van der Waals surface area contributed by atoms with Crippen molar-refractivity contribution in [3.63, 3.8) is 0 Å². The van der Waals surface area contributed by atoms with E-state index in [9.17, 15) is 0 Å². The van der Waals surface area contributed by atoms with Gasteiger partial charge >= 0.3 is 0 Å². The number of nitrogens with two attached hydrogens (primary N) is 1. The normalized spacial score (nSPS) is 23.8. The zero-order chi connectivity index (χ0) is 11.8. The van der Waals surface area contributed by atoms with Crippen molar-refractivity contribution in [2.75, 3.05) is 33.4 Å². The third-order valence-electron chi connectivity index (χ3n) is 3.65. The number of likely N-dealkylation sites (tertiary alicyclic amines) is 1. The number of rotatable bonds is 8. The lowest BCUT2D eigenvalue weighted by Crippen LogP contribution is -2.39. The Kier molecular flexibility index (Phi) is 7.01. The molecule has 1 aliphatic rings. The van der Waals surface area contributed by atoms with E-state index in [0.29, 0.717) is 6.04 Å². The molecule has 3 heteroatoms. The molecule has 2 N–H and O–H groups in total. The van der Waals surface area contributed by atoms with Crippen LogP contribution in [0.15, 0.2) is 0 Å². The van der Waals surface area contributed by atoms with Gasteiger partial charge in [0.05, 0.1) is 6.61 Å². The predicted molar refractivity (Wildman–Crippen MR) is 68.5 cm³/mol. The molecule has 0 aromatic heterocycles. The first-order valence-corrected chi connectivity index (χ1v) is 6.74. The van der Waals surface area contributed by atoms with Crippen LogP contribution in [0.1, 0.15) is 39.0 Å². The molecule has 3 nitrogen and oxygen atoms in total. The minimum atomic E-state index is 0.605. The number of nitrogens with zero attached hydrogens (tertiary/aromatic N) is 1. The highest BCUT2D eigenvalue weighted by Crippen LogP contribution is 2.21. The Morgan fingerprint density at radius 3 is 2.88 bits per heavy atom. The van der Waals surface area contributed by atoms with Gasteiger partial charge in [0, 0.05) is 26.2 Å². The summed E-state index contributed by atoms with van der Waals surface area (Å²) in [6.07, 6.45) is 6.50. The van der Waals surface area contributed by atoms with Gasteiger partial charge in [-0.25, -0.2) is 0 Å². The van der Waals surface area contributed by atoms with E-state index in [1.807, 2.05) is 0 Å². The molecular weight excluding hydrogens is 200 g/mol. The lowest BCUT2D eigenvalue weighted by Gasteiger charge is -2.26. The van der Waals surface area contributed by atoms with Crippen LogP contribution < -0.4 is 5.73 Å². The lowest BCUT2D eigenvalue weighted by atomic mass is 10.1. The molecule has 0 radical (unpaired) electrons. The van der Waals surface area contributed by atoms with Gasteiger partial charge in [-0.15, -0.1) is 0 Å². The standard InChI is InChI=1S/C13H28N2O/c1-3-4-5-6-13(9-14)15-8-7-12(10-15)11-16-2/h12-13H,3-11,14H2,1-2H3. The minimum absolute atomic E-state index is 0.605. The number of methoxy groups -OCH3 is 1. The second-order valence-electron chi connectivity index (χ2n) is 4.99. The third kappa shape index (κ3) is 4.40. The first-order chi connectivity index (χ1) is 7.81. The van der Waals surface area contributed by atoms with E-state index in [-0.39, 0.29) is 0 Å². The van der Waals surface area contributed by atoms with Crippen LogP contribution in [0.3, 0.4) is 0 Å². The van der Waals surface area contributed by atoms with Crippen molar-refractivity contribution < 1.29 is 4.74 Å². The van der Waals surface area contributed by atoms with Crippen LogP contribution in [0.2, 0.25) is 0 Å². The maximum Gasteiger partial charge on any atom is 0.0503 e. The van der Waals surface area contributed by atoms with Gasteiger partial charge in [-0.3, -0.25) is 4.90 Å². The van der Waals surface area contributed by atoms with E-state index in [4.69, 9.17) is 10.5 Å². The van der Waals surface area contributed by atoms with Gasteiger partial charge in [-0.1, -0.05) is 26.2 Å². The second kappa shape index (κ2) is 8.04. The zero-order valence-corrected chi connectivity index (χ0v) is 11.0. The van der Waals surface area contributed by atoms with Crippen molar-refractivity contribution >= 4 is 0 Å². The van der Waals surface area contributed by atoms with E-state index in [0.717, 1.165) is 19.1 Å². The Labute approximate surface area is 100 Å². The molecule has 16 heavy (non-hydrogen) atoms.